The van der Waals surface area contributed by atoms with Gasteiger partial charge in [0.25, 0.3) is 0 Å². The molecule has 102 valence electrons. The minimum absolute atomic E-state index is 0.0862. The summed E-state index contributed by atoms with van der Waals surface area (Å²) in [6.45, 7) is 13.4. The Hall–Kier alpha value is -1.49. The van der Waals surface area contributed by atoms with E-state index in [0.717, 1.165) is 11.5 Å². The first kappa shape index (κ1) is 12.5. The SMILES string of the molecule is CC(C)N1C(C)(C)c2nc3ncncn3c2C1(C)C. The van der Waals surface area contributed by atoms with Crippen LogP contribution >= 0.6 is 0 Å². The largest absolute Gasteiger partial charge is 0.279 e. The lowest BCUT2D eigenvalue weighted by Gasteiger charge is -2.43. The van der Waals surface area contributed by atoms with Crippen LogP contribution < -0.4 is 0 Å². The monoisotopic (exact) mass is 259 g/mol. The van der Waals surface area contributed by atoms with E-state index in [1.807, 2.05) is 10.7 Å². The maximum absolute atomic E-state index is 4.74. The van der Waals surface area contributed by atoms with Crippen molar-refractivity contribution in [3.05, 3.63) is 24.0 Å². The van der Waals surface area contributed by atoms with E-state index in [1.54, 1.807) is 6.33 Å². The molecule has 3 heterocycles. The smallest absolute Gasteiger partial charge is 0.237 e. The van der Waals surface area contributed by atoms with E-state index in [9.17, 15) is 0 Å². The molecule has 5 heteroatoms. The van der Waals surface area contributed by atoms with E-state index in [1.165, 1.54) is 5.69 Å². The molecule has 0 saturated heterocycles. The van der Waals surface area contributed by atoms with Crippen molar-refractivity contribution in [1.29, 1.82) is 0 Å². The number of hydrogen-bond donors (Lipinski definition) is 0. The summed E-state index contributed by atoms with van der Waals surface area (Å²) in [7, 11) is 0. The van der Waals surface area contributed by atoms with Gasteiger partial charge in [0.05, 0.1) is 22.5 Å². The zero-order valence-electron chi connectivity index (χ0n) is 12.5. The van der Waals surface area contributed by atoms with E-state index >= 15 is 0 Å². The van der Waals surface area contributed by atoms with Gasteiger partial charge in [0.2, 0.25) is 5.78 Å². The number of nitrogens with zero attached hydrogens (tertiary/aromatic N) is 5. The average Bonchev–Trinajstić information content (AvgIpc) is 2.73. The summed E-state index contributed by atoms with van der Waals surface area (Å²) in [4.78, 5) is 15.7. The maximum atomic E-state index is 4.74. The predicted octanol–water partition coefficient (Wildman–Crippen LogP) is 2.32. The van der Waals surface area contributed by atoms with Crippen molar-refractivity contribution >= 4 is 5.78 Å². The topological polar surface area (TPSA) is 46.3 Å². The highest BCUT2D eigenvalue weighted by Crippen LogP contribution is 2.49. The van der Waals surface area contributed by atoms with Gasteiger partial charge in [-0.3, -0.25) is 9.30 Å². The van der Waals surface area contributed by atoms with Gasteiger partial charge in [-0.05, 0) is 41.5 Å². The second-order valence-corrected chi connectivity index (χ2v) is 6.57. The Balaban J connectivity index is 2.36. The first-order chi connectivity index (χ1) is 8.78. The van der Waals surface area contributed by atoms with Gasteiger partial charge in [0.15, 0.2) is 0 Å². The van der Waals surface area contributed by atoms with Gasteiger partial charge in [-0.1, -0.05) is 0 Å². The fourth-order valence-electron chi connectivity index (χ4n) is 4.03. The molecule has 0 radical (unpaired) electrons. The Labute approximate surface area is 113 Å². The van der Waals surface area contributed by atoms with Crippen LogP contribution in [0.3, 0.4) is 0 Å². The van der Waals surface area contributed by atoms with E-state index in [0.29, 0.717) is 6.04 Å². The van der Waals surface area contributed by atoms with Crippen LogP contribution in [0.1, 0.15) is 52.9 Å². The molecule has 0 fully saturated rings. The lowest BCUT2D eigenvalue weighted by atomic mass is 9.99. The van der Waals surface area contributed by atoms with Crippen molar-refractivity contribution in [2.75, 3.05) is 0 Å². The van der Waals surface area contributed by atoms with Crippen molar-refractivity contribution in [3.63, 3.8) is 0 Å². The minimum Gasteiger partial charge on any atom is -0.279 e. The Kier molecular flexibility index (Phi) is 2.33. The highest BCUT2D eigenvalue weighted by molar-refractivity contribution is 5.44. The number of rotatable bonds is 1. The third kappa shape index (κ3) is 1.42. The molecule has 0 unspecified atom stereocenters. The summed E-state index contributed by atoms with van der Waals surface area (Å²) < 4.78 is 2.03. The average molecular weight is 259 g/mol. The van der Waals surface area contributed by atoms with Gasteiger partial charge < -0.3 is 0 Å². The molecule has 3 rings (SSSR count). The molecule has 0 atom stereocenters. The minimum atomic E-state index is -0.0965. The summed E-state index contributed by atoms with van der Waals surface area (Å²) in [6.07, 6.45) is 3.37. The lowest BCUT2D eigenvalue weighted by Crippen LogP contribution is -2.50. The Morgan fingerprint density at radius 1 is 1.11 bits per heavy atom. The van der Waals surface area contributed by atoms with Crippen molar-refractivity contribution < 1.29 is 0 Å². The number of fused-ring (bicyclic) bond motifs is 3. The Bertz CT molecular complexity index is 638. The highest BCUT2D eigenvalue weighted by Gasteiger charge is 2.53. The standard InChI is InChI=1S/C14H21N5/c1-9(2)19-13(3,4)10-11(14(19,5)6)18-8-15-7-16-12(18)17-10/h7-9H,1-6H3. The number of aromatic nitrogens is 4. The second-order valence-electron chi connectivity index (χ2n) is 6.57. The molecule has 0 aliphatic carbocycles. The fraction of sp³-hybridized carbons (Fsp3) is 0.643. The van der Waals surface area contributed by atoms with Gasteiger partial charge in [0, 0.05) is 6.04 Å². The van der Waals surface area contributed by atoms with E-state index in [2.05, 4.69) is 56.4 Å². The molecule has 5 nitrogen and oxygen atoms in total. The zero-order valence-corrected chi connectivity index (χ0v) is 12.5. The molecule has 0 N–H and O–H groups in total. The molecule has 19 heavy (non-hydrogen) atoms. The van der Waals surface area contributed by atoms with Crippen molar-refractivity contribution in [2.24, 2.45) is 0 Å². The quantitative estimate of drug-likeness (QED) is 0.788. The lowest BCUT2D eigenvalue weighted by molar-refractivity contribution is 0.00492. The molecule has 0 amide bonds. The number of hydrogen-bond acceptors (Lipinski definition) is 4. The summed E-state index contributed by atoms with van der Waals surface area (Å²) in [5, 5.41) is 0. The van der Waals surface area contributed by atoms with Crippen molar-refractivity contribution in [1.82, 2.24) is 24.3 Å². The van der Waals surface area contributed by atoms with E-state index in [4.69, 9.17) is 4.98 Å². The Morgan fingerprint density at radius 2 is 1.79 bits per heavy atom. The van der Waals surface area contributed by atoms with Gasteiger partial charge >= 0.3 is 0 Å². The molecule has 0 spiro atoms. The third-order valence-electron chi connectivity index (χ3n) is 4.19. The third-order valence-corrected chi connectivity index (χ3v) is 4.19. The van der Waals surface area contributed by atoms with Gasteiger partial charge in [-0.2, -0.15) is 0 Å². The molecular formula is C14H21N5. The van der Waals surface area contributed by atoms with Crippen LogP contribution in [0.15, 0.2) is 12.7 Å². The van der Waals surface area contributed by atoms with E-state index < -0.39 is 0 Å². The highest BCUT2D eigenvalue weighted by atomic mass is 15.3. The molecule has 1 aliphatic rings. The molecule has 0 saturated carbocycles. The van der Waals surface area contributed by atoms with Gasteiger partial charge in [0.1, 0.15) is 12.7 Å². The maximum Gasteiger partial charge on any atom is 0.237 e. The first-order valence-electron chi connectivity index (χ1n) is 6.76. The van der Waals surface area contributed by atoms with Crippen LogP contribution in [0.25, 0.3) is 5.78 Å². The fourth-order valence-corrected chi connectivity index (χ4v) is 4.03. The summed E-state index contributed by atoms with van der Waals surface area (Å²) >= 11 is 0. The molecule has 0 bridgehead atoms. The molecule has 0 aromatic carbocycles. The van der Waals surface area contributed by atoms with Crippen LogP contribution in [0.5, 0.6) is 0 Å². The zero-order chi connectivity index (χ0) is 14.0. The van der Waals surface area contributed by atoms with Crippen LogP contribution in [0, 0.1) is 0 Å². The first-order valence-corrected chi connectivity index (χ1v) is 6.76. The normalized spacial score (nSPS) is 21.2. The van der Waals surface area contributed by atoms with Crippen molar-refractivity contribution in [2.45, 2.75) is 58.7 Å². The van der Waals surface area contributed by atoms with Gasteiger partial charge in [-0.15, -0.1) is 0 Å². The van der Waals surface area contributed by atoms with Crippen LogP contribution in [0.2, 0.25) is 0 Å². The summed E-state index contributed by atoms with van der Waals surface area (Å²) in [6, 6.07) is 0.444. The Morgan fingerprint density at radius 3 is 2.42 bits per heavy atom. The van der Waals surface area contributed by atoms with Crippen LogP contribution in [-0.4, -0.2) is 30.3 Å². The molecule has 2 aromatic rings. The molecule has 2 aromatic heterocycles. The van der Waals surface area contributed by atoms with Crippen LogP contribution in [-0.2, 0) is 11.1 Å². The van der Waals surface area contributed by atoms with Crippen LogP contribution in [0.4, 0.5) is 0 Å². The molecule has 1 aliphatic heterocycles. The summed E-state index contributed by atoms with van der Waals surface area (Å²) in [5.74, 6) is 0.740. The predicted molar refractivity (Wildman–Crippen MR) is 73.8 cm³/mol. The second kappa shape index (κ2) is 3.54. The van der Waals surface area contributed by atoms with Crippen molar-refractivity contribution in [3.8, 4) is 0 Å². The summed E-state index contributed by atoms with van der Waals surface area (Å²) in [5.41, 5.74) is 2.14. The molecular weight excluding hydrogens is 238 g/mol. The number of imidazole rings is 1. The van der Waals surface area contributed by atoms with E-state index in [-0.39, 0.29) is 11.1 Å². The van der Waals surface area contributed by atoms with Gasteiger partial charge in [-0.25, -0.2) is 15.0 Å².